The third-order valence-corrected chi connectivity index (χ3v) is 4.38. The van der Waals surface area contributed by atoms with Crippen LogP contribution in [0.15, 0.2) is 44.7 Å². The van der Waals surface area contributed by atoms with Gasteiger partial charge in [-0.2, -0.15) is 0 Å². The van der Waals surface area contributed by atoms with E-state index in [1.54, 1.807) is 12.1 Å². The number of carbonyl (C=O) groups is 1. The summed E-state index contributed by atoms with van der Waals surface area (Å²) in [7, 11) is 2.91. The normalized spacial score (nSPS) is 11.0. The molecule has 0 radical (unpaired) electrons. The first kappa shape index (κ1) is 17.2. The predicted octanol–water partition coefficient (Wildman–Crippen LogP) is 0.844. The molecule has 130 valence electrons. The van der Waals surface area contributed by atoms with Crippen LogP contribution in [0.1, 0.15) is 0 Å². The molecule has 0 aliphatic heterocycles. The van der Waals surface area contributed by atoms with Crippen molar-refractivity contribution < 1.29 is 9.53 Å². The fourth-order valence-electron chi connectivity index (χ4n) is 2.47. The highest BCUT2D eigenvalue weighted by molar-refractivity contribution is 9.10. The Kier molecular flexibility index (Phi) is 4.58. The van der Waals surface area contributed by atoms with Crippen LogP contribution in [0, 0.1) is 0 Å². The molecule has 0 N–H and O–H groups in total. The van der Waals surface area contributed by atoms with Crippen molar-refractivity contribution in [2.24, 2.45) is 14.1 Å². The Morgan fingerprint density at radius 3 is 2.52 bits per heavy atom. The van der Waals surface area contributed by atoms with Crippen LogP contribution in [0.5, 0.6) is 5.75 Å². The van der Waals surface area contributed by atoms with E-state index in [4.69, 9.17) is 4.74 Å². The Morgan fingerprint density at radius 1 is 1.16 bits per heavy atom. The van der Waals surface area contributed by atoms with E-state index in [0.29, 0.717) is 10.5 Å². The molecule has 0 saturated carbocycles. The van der Waals surface area contributed by atoms with E-state index in [-0.39, 0.29) is 30.1 Å². The van der Waals surface area contributed by atoms with Crippen LogP contribution < -0.4 is 16.0 Å². The van der Waals surface area contributed by atoms with Crippen molar-refractivity contribution in [1.82, 2.24) is 18.7 Å². The maximum atomic E-state index is 12.4. The molecular formula is C16H15BrN4O4. The Hall–Kier alpha value is -2.68. The summed E-state index contributed by atoms with van der Waals surface area (Å²) in [6.45, 7) is -0.237. The SMILES string of the molecule is Cn1c(=O)c2c(nc(Br)n2CC(=O)COc2ccccc2)n(C)c1=O. The number of ether oxygens (including phenoxy) is 1. The van der Waals surface area contributed by atoms with Gasteiger partial charge in [0.1, 0.15) is 12.4 Å². The van der Waals surface area contributed by atoms with Gasteiger partial charge in [0, 0.05) is 14.1 Å². The lowest BCUT2D eigenvalue weighted by molar-refractivity contribution is -0.121. The van der Waals surface area contributed by atoms with Crippen LogP contribution in [-0.2, 0) is 25.4 Å². The second-order valence-electron chi connectivity index (χ2n) is 5.49. The standard InChI is InChI=1S/C16H15BrN4O4/c1-19-13-12(14(23)20(2)16(19)24)21(15(17)18-13)8-10(22)9-25-11-6-4-3-5-7-11/h3-7H,8-9H2,1-2H3. The molecule has 0 aliphatic carbocycles. The van der Waals surface area contributed by atoms with Crippen molar-refractivity contribution in [1.29, 1.82) is 0 Å². The number of fused-ring (bicyclic) bond motifs is 1. The Morgan fingerprint density at radius 2 is 1.84 bits per heavy atom. The van der Waals surface area contributed by atoms with Crippen molar-refractivity contribution in [3.8, 4) is 5.75 Å². The maximum Gasteiger partial charge on any atom is 0.332 e. The first-order valence-electron chi connectivity index (χ1n) is 7.41. The van der Waals surface area contributed by atoms with E-state index in [9.17, 15) is 14.4 Å². The molecule has 8 nitrogen and oxygen atoms in total. The first-order chi connectivity index (χ1) is 11.9. The average Bonchev–Trinajstić information content (AvgIpc) is 2.94. The van der Waals surface area contributed by atoms with Gasteiger partial charge in [-0.25, -0.2) is 9.78 Å². The topological polar surface area (TPSA) is 88.1 Å². The van der Waals surface area contributed by atoms with Gasteiger partial charge in [0.2, 0.25) is 0 Å². The molecule has 2 heterocycles. The third kappa shape index (κ3) is 3.14. The number of aromatic nitrogens is 4. The molecular weight excluding hydrogens is 392 g/mol. The molecule has 0 saturated heterocycles. The summed E-state index contributed by atoms with van der Waals surface area (Å²) in [6.07, 6.45) is 0. The zero-order chi connectivity index (χ0) is 18.1. The van der Waals surface area contributed by atoms with E-state index >= 15 is 0 Å². The number of hydrogen-bond donors (Lipinski definition) is 0. The zero-order valence-electron chi connectivity index (χ0n) is 13.6. The summed E-state index contributed by atoms with van der Waals surface area (Å²) in [5.41, 5.74) is -0.581. The van der Waals surface area contributed by atoms with E-state index in [2.05, 4.69) is 20.9 Å². The van der Waals surface area contributed by atoms with Crippen LogP contribution >= 0.6 is 15.9 Å². The molecule has 2 aromatic heterocycles. The van der Waals surface area contributed by atoms with Crippen molar-refractivity contribution in [2.75, 3.05) is 6.61 Å². The van der Waals surface area contributed by atoms with E-state index < -0.39 is 11.2 Å². The number of halogens is 1. The smallest absolute Gasteiger partial charge is 0.332 e. The van der Waals surface area contributed by atoms with Gasteiger partial charge in [-0.3, -0.25) is 18.7 Å². The molecule has 0 aliphatic rings. The van der Waals surface area contributed by atoms with Gasteiger partial charge in [-0.15, -0.1) is 0 Å². The van der Waals surface area contributed by atoms with Gasteiger partial charge in [0.25, 0.3) is 5.56 Å². The van der Waals surface area contributed by atoms with Crippen molar-refractivity contribution in [3.63, 3.8) is 0 Å². The summed E-state index contributed by atoms with van der Waals surface area (Å²) in [5, 5.41) is 0. The fraction of sp³-hybridized carbons (Fsp3) is 0.250. The number of benzene rings is 1. The van der Waals surface area contributed by atoms with Crippen LogP contribution in [0.3, 0.4) is 0 Å². The minimum absolute atomic E-state index is 0.0998. The monoisotopic (exact) mass is 406 g/mol. The predicted molar refractivity (Wildman–Crippen MR) is 94.9 cm³/mol. The van der Waals surface area contributed by atoms with Gasteiger partial charge in [-0.1, -0.05) is 18.2 Å². The lowest BCUT2D eigenvalue weighted by Crippen LogP contribution is -2.37. The molecule has 1 aromatic carbocycles. The first-order valence-corrected chi connectivity index (χ1v) is 8.20. The van der Waals surface area contributed by atoms with Gasteiger partial charge >= 0.3 is 5.69 Å². The largest absolute Gasteiger partial charge is 0.486 e. The number of Topliss-reactive ketones (excluding diaryl/α,β-unsaturated/α-hetero) is 1. The average molecular weight is 407 g/mol. The molecule has 0 atom stereocenters. The second kappa shape index (κ2) is 6.67. The van der Waals surface area contributed by atoms with Crippen molar-refractivity contribution in [2.45, 2.75) is 6.54 Å². The molecule has 25 heavy (non-hydrogen) atoms. The quantitative estimate of drug-likeness (QED) is 0.585. The van der Waals surface area contributed by atoms with E-state index in [1.165, 1.54) is 23.2 Å². The minimum atomic E-state index is -0.506. The molecule has 0 spiro atoms. The highest BCUT2D eigenvalue weighted by atomic mass is 79.9. The van der Waals surface area contributed by atoms with Crippen LogP contribution in [0.2, 0.25) is 0 Å². The van der Waals surface area contributed by atoms with Gasteiger partial charge in [0.05, 0.1) is 6.54 Å². The van der Waals surface area contributed by atoms with Gasteiger partial charge < -0.3 is 9.30 Å². The molecule has 3 aromatic rings. The van der Waals surface area contributed by atoms with Gasteiger partial charge in [-0.05, 0) is 28.1 Å². The number of nitrogens with zero attached hydrogens (tertiary/aromatic N) is 4. The van der Waals surface area contributed by atoms with Crippen molar-refractivity contribution >= 4 is 32.9 Å². The summed E-state index contributed by atoms with van der Waals surface area (Å²) < 4.78 is 9.42. The lowest BCUT2D eigenvalue weighted by atomic mass is 10.3. The highest BCUT2D eigenvalue weighted by Gasteiger charge is 2.19. The Labute approximate surface area is 150 Å². The molecule has 0 amide bonds. The number of hydrogen-bond acceptors (Lipinski definition) is 5. The lowest BCUT2D eigenvalue weighted by Gasteiger charge is -2.08. The number of carbonyl (C=O) groups excluding carboxylic acids is 1. The minimum Gasteiger partial charge on any atom is -0.486 e. The Balaban J connectivity index is 1.91. The second-order valence-corrected chi connectivity index (χ2v) is 6.19. The summed E-state index contributed by atoms with van der Waals surface area (Å²) >= 11 is 3.25. The molecule has 9 heteroatoms. The Bertz CT molecular complexity index is 1070. The summed E-state index contributed by atoms with van der Waals surface area (Å²) in [6, 6.07) is 8.97. The fourth-order valence-corrected chi connectivity index (χ4v) is 2.94. The number of imidazole rings is 1. The van der Waals surface area contributed by atoms with Gasteiger partial charge in [0.15, 0.2) is 21.7 Å². The number of ketones is 1. The van der Waals surface area contributed by atoms with Crippen molar-refractivity contribution in [3.05, 3.63) is 55.9 Å². The van der Waals surface area contributed by atoms with Crippen LogP contribution in [-0.4, -0.2) is 31.1 Å². The number of rotatable bonds is 5. The molecule has 0 bridgehead atoms. The zero-order valence-corrected chi connectivity index (χ0v) is 15.2. The maximum absolute atomic E-state index is 12.4. The van der Waals surface area contributed by atoms with Crippen LogP contribution in [0.4, 0.5) is 0 Å². The van der Waals surface area contributed by atoms with E-state index in [1.807, 2.05) is 18.2 Å². The van der Waals surface area contributed by atoms with E-state index in [0.717, 1.165) is 4.57 Å². The number of para-hydroxylation sites is 1. The molecule has 0 fully saturated rings. The highest BCUT2D eigenvalue weighted by Crippen LogP contribution is 2.16. The number of aryl methyl sites for hydroxylation is 1. The third-order valence-electron chi connectivity index (χ3n) is 3.78. The summed E-state index contributed by atoms with van der Waals surface area (Å²) in [5.74, 6) is 0.350. The summed E-state index contributed by atoms with van der Waals surface area (Å²) in [4.78, 5) is 40.8. The molecule has 3 rings (SSSR count). The molecule has 0 unspecified atom stereocenters. The van der Waals surface area contributed by atoms with Crippen LogP contribution in [0.25, 0.3) is 11.2 Å².